The second kappa shape index (κ2) is 6.59. The molecule has 2 saturated heterocycles. The van der Waals surface area contributed by atoms with Gasteiger partial charge in [-0.05, 0) is 37.1 Å². The van der Waals surface area contributed by atoms with E-state index in [0.29, 0.717) is 19.5 Å². The topological polar surface area (TPSA) is 86.6 Å². The van der Waals surface area contributed by atoms with E-state index in [9.17, 15) is 14.7 Å². The zero-order valence-corrected chi connectivity index (χ0v) is 14.6. The summed E-state index contributed by atoms with van der Waals surface area (Å²) in [5, 5.41) is 12.4. The average molecular weight is 360 g/mol. The number of aromatic nitrogens is 2. The van der Waals surface area contributed by atoms with Crippen LogP contribution in [0.3, 0.4) is 0 Å². The van der Waals surface area contributed by atoms with E-state index in [1.165, 1.54) is 0 Å². The molecule has 132 valence electrons. The lowest BCUT2D eigenvalue weighted by Gasteiger charge is -2.35. The molecule has 0 aromatic carbocycles. The van der Waals surface area contributed by atoms with Crippen LogP contribution in [0.25, 0.3) is 10.2 Å². The van der Waals surface area contributed by atoms with E-state index in [2.05, 4.69) is 14.9 Å². The second-order valence-corrected chi connectivity index (χ2v) is 7.54. The SMILES string of the molecule is O=C(O)[C@H]1CCCN1C(=O)C1CCCN(c2ncnc3sccc23)C1. The van der Waals surface area contributed by atoms with Crippen molar-refractivity contribution < 1.29 is 14.7 Å². The first-order valence-electron chi connectivity index (χ1n) is 8.61. The lowest BCUT2D eigenvalue weighted by molar-refractivity contribution is -0.150. The van der Waals surface area contributed by atoms with Crippen LogP contribution in [0.2, 0.25) is 0 Å². The lowest BCUT2D eigenvalue weighted by atomic mass is 9.96. The van der Waals surface area contributed by atoms with Crippen LogP contribution in [0.5, 0.6) is 0 Å². The maximum absolute atomic E-state index is 12.9. The predicted molar refractivity (Wildman–Crippen MR) is 94.7 cm³/mol. The van der Waals surface area contributed by atoms with Gasteiger partial charge in [0.25, 0.3) is 0 Å². The molecule has 2 aliphatic heterocycles. The van der Waals surface area contributed by atoms with Crippen molar-refractivity contribution in [2.45, 2.75) is 31.7 Å². The summed E-state index contributed by atoms with van der Waals surface area (Å²) in [6, 6.07) is 1.35. The monoisotopic (exact) mass is 360 g/mol. The summed E-state index contributed by atoms with van der Waals surface area (Å²) >= 11 is 1.58. The van der Waals surface area contributed by atoms with E-state index in [4.69, 9.17) is 0 Å². The second-order valence-electron chi connectivity index (χ2n) is 6.65. The van der Waals surface area contributed by atoms with Gasteiger partial charge in [-0.2, -0.15) is 0 Å². The van der Waals surface area contributed by atoms with Gasteiger partial charge in [0, 0.05) is 19.6 Å². The average Bonchev–Trinajstić information content (AvgIpc) is 3.30. The molecule has 0 spiro atoms. The van der Waals surface area contributed by atoms with Gasteiger partial charge in [0.15, 0.2) is 0 Å². The maximum Gasteiger partial charge on any atom is 0.326 e. The number of amides is 1. The van der Waals surface area contributed by atoms with Gasteiger partial charge in [0.05, 0.1) is 11.3 Å². The van der Waals surface area contributed by atoms with Crippen LogP contribution in [0.4, 0.5) is 5.82 Å². The van der Waals surface area contributed by atoms with Crippen molar-refractivity contribution in [2.75, 3.05) is 24.5 Å². The molecule has 2 aliphatic rings. The van der Waals surface area contributed by atoms with Gasteiger partial charge in [0.1, 0.15) is 23.0 Å². The summed E-state index contributed by atoms with van der Waals surface area (Å²) in [7, 11) is 0. The summed E-state index contributed by atoms with van der Waals surface area (Å²) in [6.07, 6.45) is 4.59. The van der Waals surface area contributed by atoms with Crippen molar-refractivity contribution in [3.8, 4) is 0 Å². The van der Waals surface area contributed by atoms with E-state index < -0.39 is 12.0 Å². The fraction of sp³-hybridized carbons (Fsp3) is 0.529. The van der Waals surface area contributed by atoms with Crippen LogP contribution in [0, 0.1) is 5.92 Å². The van der Waals surface area contributed by atoms with Crippen LogP contribution < -0.4 is 4.90 Å². The number of thiophene rings is 1. The first-order valence-corrected chi connectivity index (χ1v) is 9.49. The number of carboxylic acid groups (broad SMARTS) is 1. The van der Waals surface area contributed by atoms with Crippen LogP contribution in [-0.4, -0.2) is 57.5 Å². The number of carbonyl (C=O) groups is 2. The van der Waals surface area contributed by atoms with E-state index in [1.54, 1.807) is 22.6 Å². The maximum atomic E-state index is 12.9. The van der Waals surface area contributed by atoms with Gasteiger partial charge in [0.2, 0.25) is 5.91 Å². The standard InChI is InChI=1S/C17H20N4O3S/c22-16(21-7-2-4-13(21)17(23)24)11-3-1-6-20(9-11)14-12-5-8-25-15(12)19-10-18-14/h5,8,10-11,13H,1-4,6-7,9H2,(H,23,24)/t11?,13-/m1/s1. The van der Waals surface area contributed by atoms with E-state index in [-0.39, 0.29) is 11.8 Å². The van der Waals surface area contributed by atoms with Gasteiger partial charge in [-0.3, -0.25) is 4.79 Å². The molecule has 0 aliphatic carbocycles. The van der Waals surface area contributed by atoms with E-state index in [1.807, 2.05) is 11.4 Å². The summed E-state index contributed by atoms with van der Waals surface area (Å²) in [4.78, 5) is 37.7. The molecule has 4 rings (SSSR count). The van der Waals surface area contributed by atoms with Crippen molar-refractivity contribution in [1.29, 1.82) is 0 Å². The van der Waals surface area contributed by atoms with Crippen LogP contribution >= 0.6 is 11.3 Å². The Morgan fingerprint density at radius 2 is 2.04 bits per heavy atom. The molecule has 0 radical (unpaired) electrons. The molecular formula is C17H20N4O3S. The highest BCUT2D eigenvalue weighted by molar-refractivity contribution is 7.16. The molecule has 2 aromatic rings. The minimum Gasteiger partial charge on any atom is -0.480 e. The van der Waals surface area contributed by atoms with Gasteiger partial charge < -0.3 is 14.9 Å². The van der Waals surface area contributed by atoms with E-state index in [0.717, 1.165) is 41.8 Å². The van der Waals surface area contributed by atoms with Crippen LogP contribution in [0.1, 0.15) is 25.7 Å². The number of hydrogen-bond donors (Lipinski definition) is 1. The highest BCUT2D eigenvalue weighted by Crippen LogP contribution is 2.31. The Kier molecular flexibility index (Phi) is 4.29. The number of carboxylic acids is 1. The first-order chi connectivity index (χ1) is 12.1. The largest absolute Gasteiger partial charge is 0.480 e. The highest BCUT2D eigenvalue weighted by atomic mass is 32.1. The van der Waals surface area contributed by atoms with Gasteiger partial charge in [-0.1, -0.05) is 0 Å². The van der Waals surface area contributed by atoms with Crippen molar-refractivity contribution in [2.24, 2.45) is 5.92 Å². The molecule has 4 heterocycles. The predicted octanol–water partition coefficient (Wildman–Crippen LogP) is 1.98. The molecule has 1 N–H and O–H groups in total. The minimum absolute atomic E-state index is 0.0229. The fourth-order valence-electron chi connectivity index (χ4n) is 3.92. The Morgan fingerprint density at radius 3 is 2.88 bits per heavy atom. The van der Waals surface area contributed by atoms with Crippen molar-refractivity contribution in [3.05, 3.63) is 17.8 Å². The number of piperidine rings is 1. The zero-order valence-electron chi connectivity index (χ0n) is 13.8. The van der Waals surface area contributed by atoms with E-state index >= 15 is 0 Å². The molecule has 0 bridgehead atoms. The quantitative estimate of drug-likeness (QED) is 0.901. The Bertz CT molecular complexity index is 808. The number of rotatable bonds is 3. The molecule has 7 nitrogen and oxygen atoms in total. The number of fused-ring (bicyclic) bond motifs is 1. The van der Waals surface area contributed by atoms with Gasteiger partial charge >= 0.3 is 5.97 Å². The zero-order chi connectivity index (χ0) is 17.4. The molecule has 25 heavy (non-hydrogen) atoms. The van der Waals surface area contributed by atoms with Gasteiger partial charge in [-0.15, -0.1) is 11.3 Å². The highest BCUT2D eigenvalue weighted by Gasteiger charge is 2.38. The number of nitrogens with zero attached hydrogens (tertiary/aromatic N) is 4. The number of likely N-dealkylation sites (tertiary alicyclic amines) is 1. The molecule has 2 aromatic heterocycles. The molecule has 8 heteroatoms. The third-order valence-corrected chi connectivity index (χ3v) is 5.95. The molecule has 0 saturated carbocycles. The molecule has 2 atom stereocenters. The Balaban J connectivity index is 1.54. The van der Waals surface area contributed by atoms with Crippen LogP contribution in [0.15, 0.2) is 17.8 Å². The third kappa shape index (κ3) is 2.95. The summed E-state index contributed by atoms with van der Waals surface area (Å²) in [5.41, 5.74) is 0. The Hall–Kier alpha value is -2.22. The fourth-order valence-corrected chi connectivity index (χ4v) is 4.65. The minimum atomic E-state index is -0.894. The number of carbonyl (C=O) groups excluding carboxylic acids is 1. The Morgan fingerprint density at radius 1 is 1.20 bits per heavy atom. The summed E-state index contributed by atoms with van der Waals surface area (Å²) < 4.78 is 0. The first kappa shape index (κ1) is 16.3. The van der Waals surface area contributed by atoms with Gasteiger partial charge in [-0.25, -0.2) is 14.8 Å². The van der Waals surface area contributed by atoms with Crippen molar-refractivity contribution >= 4 is 39.2 Å². The number of anilines is 1. The molecule has 2 fully saturated rings. The number of hydrogen-bond acceptors (Lipinski definition) is 6. The summed E-state index contributed by atoms with van der Waals surface area (Å²) in [5.74, 6) is -0.211. The molecular weight excluding hydrogens is 340 g/mol. The van der Waals surface area contributed by atoms with Crippen molar-refractivity contribution in [1.82, 2.24) is 14.9 Å². The molecule has 1 unspecified atom stereocenters. The number of aliphatic carboxylic acids is 1. The Labute approximate surface area is 149 Å². The van der Waals surface area contributed by atoms with Crippen LogP contribution in [-0.2, 0) is 9.59 Å². The smallest absolute Gasteiger partial charge is 0.326 e. The van der Waals surface area contributed by atoms with Crippen molar-refractivity contribution in [3.63, 3.8) is 0 Å². The third-order valence-electron chi connectivity index (χ3n) is 5.13. The summed E-state index contributed by atoms with van der Waals surface area (Å²) in [6.45, 7) is 1.99. The molecule has 1 amide bonds. The lowest BCUT2D eigenvalue weighted by Crippen LogP contribution is -2.48. The normalized spacial score (nSPS) is 24.0.